The maximum Gasteiger partial charge on any atom is 0.182 e. The molecule has 2 aromatic rings. The van der Waals surface area contributed by atoms with Gasteiger partial charge in [-0.1, -0.05) is 0 Å². The molecular formula is C12H13N5S. The highest BCUT2D eigenvalue weighted by Gasteiger charge is 2.03. The molecule has 0 aliphatic carbocycles. The van der Waals surface area contributed by atoms with Crippen molar-refractivity contribution >= 4 is 23.0 Å². The van der Waals surface area contributed by atoms with E-state index in [4.69, 9.17) is 5.26 Å². The van der Waals surface area contributed by atoms with E-state index in [9.17, 15) is 0 Å². The predicted molar refractivity (Wildman–Crippen MR) is 72.4 cm³/mol. The first kappa shape index (κ1) is 12.3. The van der Waals surface area contributed by atoms with E-state index in [0.717, 1.165) is 6.54 Å². The number of nitrogens with zero attached hydrogens (tertiary/aromatic N) is 3. The molecule has 2 rings (SSSR count). The van der Waals surface area contributed by atoms with Crippen LogP contribution >= 0.6 is 11.3 Å². The first-order chi connectivity index (χ1) is 8.69. The summed E-state index contributed by atoms with van der Waals surface area (Å²) in [5, 5.41) is 16.4. The van der Waals surface area contributed by atoms with Crippen LogP contribution < -0.4 is 10.6 Å². The van der Waals surface area contributed by atoms with Crippen LogP contribution in [0.4, 0.5) is 11.6 Å². The SMILES string of the molecule is Cc1nc(NC#N)cc(NCc2sccc2C)n1. The fourth-order valence-electron chi connectivity index (χ4n) is 1.54. The Labute approximate surface area is 110 Å². The topological polar surface area (TPSA) is 73.6 Å². The van der Waals surface area contributed by atoms with Gasteiger partial charge in [-0.25, -0.2) is 9.97 Å². The van der Waals surface area contributed by atoms with Crippen LogP contribution in [-0.4, -0.2) is 9.97 Å². The summed E-state index contributed by atoms with van der Waals surface area (Å²) in [5.41, 5.74) is 1.27. The molecule has 0 saturated heterocycles. The van der Waals surface area contributed by atoms with Crippen LogP contribution in [0, 0.1) is 25.3 Å². The molecule has 92 valence electrons. The summed E-state index contributed by atoms with van der Waals surface area (Å²) in [7, 11) is 0. The third kappa shape index (κ3) is 2.96. The smallest absolute Gasteiger partial charge is 0.182 e. The molecule has 0 unspecified atom stereocenters. The average molecular weight is 259 g/mol. The van der Waals surface area contributed by atoms with Gasteiger partial charge in [0.1, 0.15) is 17.5 Å². The fourth-order valence-corrected chi connectivity index (χ4v) is 2.38. The Kier molecular flexibility index (Phi) is 3.75. The number of thiophene rings is 1. The van der Waals surface area contributed by atoms with E-state index in [1.807, 2.05) is 6.19 Å². The van der Waals surface area contributed by atoms with E-state index >= 15 is 0 Å². The lowest BCUT2D eigenvalue weighted by Crippen LogP contribution is -2.04. The van der Waals surface area contributed by atoms with Gasteiger partial charge in [0.25, 0.3) is 0 Å². The van der Waals surface area contributed by atoms with Gasteiger partial charge >= 0.3 is 0 Å². The summed E-state index contributed by atoms with van der Waals surface area (Å²) < 4.78 is 0. The van der Waals surface area contributed by atoms with Gasteiger partial charge in [0, 0.05) is 10.9 Å². The van der Waals surface area contributed by atoms with Crippen LogP contribution in [0.3, 0.4) is 0 Å². The van der Waals surface area contributed by atoms with E-state index < -0.39 is 0 Å². The summed E-state index contributed by atoms with van der Waals surface area (Å²) in [5.74, 6) is 1.85. The number of nitrogens with one attached hydrogen (secondary N) is 2. The number of anilines is 2. The van der Waals surface area contributed by atoms with Gasteiger partial charge in [0.15, 0.2) is 6.19 Å². The Morgan fingerprint density at radius 3 is 2.78 bits per heavy atom. The molecule has 2 N–H and O–H groups in total. The Morgan fingerprint density at radius 1 is 1.33 bits per heavy atom. The lowest BCUT2D eigenvalue weighted by molar-refractivity contribution is 1.03. The molecule has 0 aliphatic heterocycles. The molecule has 18 heavy (non-hydrogen) atoms. The number of aryl methyl sites for hydroxylation is 2. The van der Waals surface area contributed by atoms with Crippen molar-refractivity contribution in [3.63, 3.8) is 0 Å². The molecular weight excluding hydrogens is 246 g/mol. The zero-order valence-electron chi connectivity index (χ0n) is 10.2. The highest BCUT2D eigenvalue weighted by molar-refractivity contribution is 7.10. The van der Waals surface area contributed by atoms with Crippen LogP contribution in [0.15, 0.2) is 17.5 Å². The van der Waals surface area contributed by atoms with Crippen molar-refractivity contribution in [3.8, 4) is 6.19 Å². The van der Waals surface area contributed by atoms with E-state index in [-0.39, 0.29) is 0 Å². The van der Waals surface area contributed by atoms with Gasteiger partial charge in [0.2, 0.25) is 0 Å². The van der Waals surface area contributed by atoms with Gasteiger partial charge in [0.05, 0.1) is 6.54 Å². The normalized spacial score (nSPS) is 9.83. The highest BCUT2D eigenvalue weighted by atomic mass is 32.1. The summed E-state index contributed by atoms with van der Waals surface area (Å²) >= 11 is 1.71. The molecule has 0 radical (unpaired) electrons. The number of rotatable bonds is 4. The van der Waals surface area contributed by atoms with Gasteiger partial charge in [-0.3, -0.25) is 5.32 Å². The number of nitriles is 1. The molecule has 5 nitrogen and oxygen atoms in total. The molecule has 0 saturated carbocycles. The Morgan fingerprint density at radius 2 is 2.11 bits per heavy atom. The number of aromatic nitrogens is 2. The molecule has 2 heterocycles. The summed E-state index contributed by atoms with van der Waals surface area (Å²) in [6, 6.07) is 3.81. The Bertz CT molecular complexity index is 584. The van der Waals surface area contributed by atoms with E-state index in [0.29, 0.717) is 17.5 Å². The van der Waals surface area contributed by atoms with Crippen molar-refractivity contribution in [3.05, 3.63) is 33.8 Å². The summed E-state index contributed by atoms with van der Waals surface area (Å²) in [6.45, 7) is 4.61. The van der Waals surface area contributed by atoms with Crippen molar-refractivity contribution in [1.82, 2.24) is 9.97 Å². The molecule has 2 aromatic heterocycles. The van der Waals surface area contributed by atoms with E-state index in [1.54, 1.807) is 24.3 Å². The lowest BCUT2D eigenvalue weighted by Gasteiger charge is -2.07. The minimum Gasteiger partial charge on any atom is -0.365 e. The molecule has 0 amide bonds. The second kappa shape index (κ2) is 5.47. The monoisotopic (exact) mass is 259 g/mol. The summed E-state index contributed by atoms with van der Waals surface area (Å²) in [4.78, 5) is 9.66. The zero-order chi connectivity index (χ0) is 13.0. The minimum atomic E-state index is 0.510. The molecule has 0 aliphatic rings. The van der Waals surface area contributed by atoms with Crippen molar-refractivity contribution < 1.29 is 0 Å². The summed E-state index contributed by atoms with van der Waals surface area (Å²) in [6.07, 6.45) is 1.85. The molecule has 0 bridgehead atoms. The maximum atomic E-state index is 8.58. The van der Waals surface area contributed by atoms with Crippen molar-refractivity contribution in [2.24, 2.45) is 0 Å². The molecule has 0 spiro atoms. The molecule has 0 atom stereocenters. The fraction of sp³-hybridized carbons (Fsp3) is 0.250. The zero-order valence-corrected chi connectivity index (χ0v) is 11.0. The van der Waals surface area contributed by atoms with E-state index in [2.05, 4.69) is 39.0 Å². The van der Waals surface area contributed by atoms with Crippen LogP contribution in [0.1, 0.15) is 16.3 Å². The van der Waals surface area contributed by atoms with Crippen molar-refractivity contribution in [1.29, 1.82) is 5.26 Å². The first-order valence-electron chi connectivity index (χ1n) is 5.46. The average Bonchev–Trinajstić information content (AvgIpc) is 2.72. The van der Waals surface area contributed by atoms with Gasteiger partial charge in [-0.2, -0.15) is 5.26 Å². The second-order valence-corrected chi connectivity index (χ2v) is 4.80. The second-order valence-electron chi connectivity index (χ2n) is 3.80. The minimum absolute atomic E-state index is 0.510. The molecule has 0 aromatic carbocycles. The van der Waals surface area contributed by atoms with Crippen LogP contribution in [0.25, 0.3) is 0 Å². The lowest BCUT2D eigenvalue weighted by atomic mass is 10.3. The quantitative estimate of drug-likeness (QED) is 0.652. The van der Waals surface area contributed by atoms with Crippen LogP contribution in [-0.2, 0) is 6.54 Å². The molecule has 6 heteroatoms. The Hall–Kier alpha value is -2.13. The van der Waals surface area contributed by atoms with Crippen LogP contribution in [0.5, 0.6) is 0 Å². The molecule has 0 fully saturated rings. The maximum absolute atomic E-state index is 8.58. The highest BCUT2D eigenvalue weighted by Crippen LogP contribution is 2.18. The van der Waals surface area contributed by atoms with Crippen LogP contribution in [0.2, 0.25) is 0 Å². The van der Waals surface area contributed by atoms with Gasteiger partial charge < -0.3 is 5.32 Å². The third-order valence-electron chi connectivity index (χ3n) is 2.42. The Balaban J connectivity index is 2.10. The standard InChI is InChI=1S/C12H13N5S/c1-8-3-4-18-10(8)6-14-11-5-12(15-7-13)17-9(2)16-11/h3-5H,6H2,1-2H3,(H2,14,15,16,17). The van der Waals surface area contributed by atoms with Gasteiger partial charge in [-0.15, -0.1) is 11.3 Å². The van der Waals surface area contributed by atoms with Crippen molar-refractivity contribution in [2.45, 2.75) is 20.4 Å². The van der Waals surface area contributed by atoms with Gasteiger partial charge in [-0.05, 0) is 30.9 Å². The number of hydrogen-bond acceptors (Lipinski definition) is 6. The van der Waals surface area contributed by atoms with Crippen molar-refractivity contribution in [2.75, 3.05) is 10.6 Å². The number of hydrogen-bond donors (Lipinski definition) is 2. The predicted octanol–water partition coefficient (Wildman–Crippen LogP) is 2.66. The first-order valence-corrected chi connectivity index (χ1v) is 6.34. The van der Waals surface area contributed by atoms with E-state index in [1.165, 1.54) is 10.4 Å². The largest absolute Gasteiger partial charge is 0.365 e. The third-order valence-corrected chi connectivity index (χ3v) is 3.44.